The van der Waals surface area contributed by atoms with Gasteiger partial charge in [-0.15, -0.1) is 11.3 Å². The molecule has 0 amide bonds. The Morgan fingerprint density at radius 2 is 2.00 bits per heavy atom. The van der Waals surface area contributed by atoms with E-state index in [2.05, 4.69) is 0 Å². The van der Waals surface area contributed by atoms with E-state index < -0.39 is 5.97 Å². The number of ketones is 1. The van der Waals surface area contributed by atoms with E-state index in [0.717, 1.165) is 15.6 Å². The number of Topliss-reactive ketones (excluding diaryl/α,β-unsaturated/α-hetero) is 1. The molecule has 106 valence electrons. The van der Waals surface area contributed by atoms with Crippen LogP contribution in [0.3, 0.4) is 0 Å². The molecule has 0 atom stereocenters. The molecule has 2 heterocycles. The molecule has 2 aromatic heterocycles. The second-order valence-electron chi connectivity index (χ2n) is 4.53. The summed E-state index contributed by atoms with van der Waals surface area (Å²) in [6.45, 7) is 1.62. The number of carbonyl (C=O) groups is 2. The molecule has 3 rings (SSSR count). The first-order valence-corrected chi connectivity index (χ1v) is 7.20. The maximum absolute atomic E-state index is 12.2. The van der Waals surface area contributed by atoms with Crippen LogP contribution in [0.15, 0.2) is 47.1 Å². The highest BCUT2D eigenvalue weighted by molar-refractivity contribution is 7.21. The van der Waals surface area contributed by atoms with Crippen molar-refractivity contribution < 1.29 is 18.7 Å². The van der Waals surface area contributed by atoms with Crippen molar-refractivity contribution in [2.75, 3.05) is 6.61 Å². The minimum Gasteiger partial charge on any atom is -0.457 e. The van der Waals surface area contributed by atoms with Crippen molar-refractivity contribution in [3.63, 3.8) is 0 Å². The average Bonchev–Trinajstić information content (AvgIpc) is 3.13. The summed E-state index contributed by atoms with van der Waals surface area (Å²) < 4.78 is 11.0. The van der Waals surface area contributed by atoms with Gasteiger partial charge in [-0.05, 0) is 36.1 Å². The Balaban J connectivity index is 1.75. The molecule has 0 saturated carbocycles. The quantitative estimate of drug-likeness (QED) is 0.542. The molecule has 0 spiro atoms. The van der Waals surface area contributed by atoms with E-state index in [1.165, 1.54) is 23.7 Å². The van der Waals surface area contributed by atoms with E-state index in [9.17, 15) is 9.59 Å². The molecular weight excluding hydrogens is 288 g/mol. The number of aryl methyl sites for hydroxylation is 1. The smallest absolute Gasteiger partial charge is 0.374 e. The third-order valence-corrected chi connectivity index (χ3v) is 4.47. The minimum atomic E-state index is -0.632. The van der Waals surface area contributed by atoms with Gasteiger partial charge in [-0.3, -0.25) is 4.79 Å². The number of ether oxygens (including phenoxy) is 1. The van der Waals surface area contributed by atoms with Gasteiger partial charge < -0.3 is 9.15 Å². The summed E-state index contributed by atoms with van der Waals surface area (Å²) in [5, 5.41) is 1.06. The predicted octanol–water partition coefficient (Wildman–Crippen LogP) is 3.84. The largest absolute Gasteiger partial charge is 0.457 e. The molecule has 21 heavy (non-hydrogen) atoms. The fourth-order valence-electron chi connectivity index (χ4n) is 2.10. The van der Waals surface area contributed by atoms with Crippen molar-refractivity contribution in [3.05, 3.63) is 58.9 Å². The first-order valence-electron chi connectivity index (χ1n) is 6.39. The fourth-order valence-corrected chi connectivity index (χ4v) is 3.24. The Kier molecular flexibility index (Phi) is 3.58. The molecule has 0 radical (unpaired) electrons. The van der Waals surface area contributed by atoms with E-state index in [4.69, 9.17) is 9.15 Å². The predicted molar refractivity (Wildman–Crippen MR) is 79.9 cm³/mol. The lowest BCUT2D eigenvalue weighted by atomic mass is 10.1. The number of hydrogen-bond acceptors (Lipinski definition) is 5. The van der Waals surface area contributed by atoms with Crippen LogP contribution in [0.2, 0.25) is 0 Å². The zero-order valence-electron chi connectivity index (χ0n) is 11.3. The second kappa shape index (κ2) is 5.54. The molecule has 0 saturated heterocycles. The Labute approximate surface area is 125 Å². The number of fused-ring (bicyclic) bond motifs is 1. The number of carbonyl (C=O) groups excluding carboxylic acids is 2. The summed E-state index contributed by atoms with van der Waals surface area (Å²) in [7, 11) is 0. The lowest BCUT2D eigenvalue weighted by Crippen LogP contribution is -2.13. The maximum Gasteiger partial charge on any atom is 0.374 e. The van der Waals surface area contributed by atoms with Gasteiger partial charge in [0.05, 0.1) is 11.1 Å². The highest BCUT2D eigenvalue weighted by atomic mass is 32.1. The van der Waals surface area contributed by atoms with Crippen LogP contribution in [0.4, 0.5) is 0 Å². The van der Waals surface area contributed by atoms with E-state index in [0.29, 0.717) is 4.88 Å². The lowest BCUT2D eigenvalue weighted by Gasteiger charge is -2.01. The van der Waals surface area contributed by atoms with Gasteiger partial charge in [-0.2, -0.15) is 0 Å². The highest BCUT2D eigenvalue weighted by Crippen LogP contribution is 2.30. The highest BCUT2D eigenvalue weighted by Gasteiger charge is 2.18. The number of rotatable bonds is 4. The van der Waals surface area contributed by atoms with Gasteiger partial charge in [0, 0.05) is 4.70 Å². The third kappa shape index (κ3) is 2.60. The maximum atomic E-state index is 12.2. The molecule has 0 N–H and O–H groups in total. The van der Waals surface area contributed by atoms with Crippen LogP contribution in [0.1, 0.15) is 25.8 Å². The summed E-state index contributed by atoms with van der Waals surface area (Å²) >= 11 is 1.42. The van der Waals surface area contributed by atoms with Crippen LogP contribution in [0.25, 0.3) is 10.1 Å². The SMILES string of the molecule is Cc1c(C(=O)COC(=O)c2ccco2)sc2ccccc12. The number of esters is 1. The van der Waals surface area contributed by atoms with Crippen molar-refractivity contribution in [3.8, 4) is 0 Å². The molecule has 0 bridgehead atoms. The number of benzene rings is 1. The van der Waals surface area contributed by atoms with Gasteiger partial charge in [0.2, 0.25) is 11.5 Å². The van der Waals surface area contributed by atoms with Gasteiger partial charge >= 0.3 is 5.97 Å². The number of furan rings is 1. The van der Waals surface area contributed by atoms with Crippen LogP contribution in [0, 0.1) is 6.92 Å². The Bertz CT molecular complexity index is 799. The zero-order valence-corrected chi connectivity index (χ0v) is 12.1. The van der Waals surface area contributed by atoms with Gasteiger partial charge in [0.25, 0.3) is 0 Å². The van der Waals surface area contributed by atoms with E-state index in [-0.39, 0.29) is 18.2 Å². The van der Waals surface area contributed by atoms with Crippen molar-refractivity contribution in [1.82, 2.24) is 0 Å². The molecule has 5 heteroatoms. The first-order chi connectivity index (χ1) is 10.2. The van der Waals surface area contributed by atoms with Crippen molar-refractivity contribution in [2.24, 2.45) is 0 Å². The Morgan fingerprint density at radius 1 is 1.19 bits per heavy atom. The summed E-state index contributed by atoms with van der Waals surface area (Å²) in [6, 6.07) is 10.9. The van der Waals surface area contributed by atoms with E-state index in [1.807, 2.05) is 31.2 Å². The van der Waals surface area contributed by atoms with Crippen molar-refractivity contribution in [2.45, 2.75) is 6.92 Å². The molecule has 1 aromatic carbocycles. The topological polar surface area (TPSA) is 56.5 Å². The third-order valence-electron chi connectivity index (χ3n) is 3.15. The number of hydrogen-bond donors (Lipinski definition) is 0. The van der Waals surface area contributed by atoms with Gasteiger partial charge in [0.15, 0.2) is 6.61 Å². The van der Waals surface area contributed by atoms with E-state index >= 15 is 0 Å². The first kappa shape index (κ1) is 13.6. The van der Waals surface area contributed by atoms with Crippen molar-refractivity contribution >= 4 is 33.2 Å². The molecule has 0 aliphatic rings. The monoisotopic (exact) mass is 300 g/mol. The molecule has 3 aromatic rings. The van der Waals surface area contributed by atoms with Gasteiger partial charge in [0.1, 0.15) is 0 Å². The van der Waals surface area contributed by atoms with Crippen LogP contribution in [-0.2, 0) is 4.74 Å². The van der Waals surface area contributed by atoms with Crippen molar-refractivity contribution in [1.29, 1.82) is 0 Å². The van der Waals surface area contributed by atoms with E-state index in [1.54, 1.807) is 6.07 Å². The molecule has 4 nitrogen and oxygen atoms in total. The molecule has 0 unspecified atom stereocenters. The normalized spacial score (nSPS) is 10.7. The summed E-state index contributed by atoms with van der Waals surface area (Å²) in [5.74, 6) is -0.739. The van der Waals surface area contributed by atoms with Crippen LogP contribution in [-0.4, -0.2) is 18.4 Å². The fraction of sp³-hybridized carbons (Fsp3) is 0.125. The van der Waals surface area contributed by atoms with Crippen LogP contribution >= 0.6 is 11.3 Å². The lowest BCUT2D eigenvalue weighted by molar-refractivity contribution is 0.0445. The van der Waals surface area contributed by atoms with Gasteiger partial charge in [-0.25, -0.2) is 4.79 Å². The van der Waals surface area contributed by atoms with Crippen LogP contribution in [0.5, 0.6) is 0 Å². The molecular formula is C16H12O4S. The summed E-state index contributed by atoms with van der Waals surface area (Å²) in [6.07, 6.45) is 1.38. The second-order valence-corrected chi connectivity index (χ2v) is 5.58. The minimum absolute atomic E-state index is 0.0934. The molecule has 0 aliphatic heterocycles. The van der Waals surface area contributed by atoms with Crippen LogP contribution < -0.4 is 0 Å². The Morgan fingerprint density at radius 3 is 2.71 bits per heavy atom. The Hall–Kier alpha value is -2.40. The standard InChI is InChI=1S/C16H12O4S/c1-10-11-5-2-3-7-14(11)21-15(10)12(17)9-20-16(18)13-6-4-8-19-13/h2-8H,9H2,1H3. The molecule has 0 aliphatic carbocycles. The molecule has 0 fully saturated rings. The zero-order chi connectivity index (χ0) is 14.8. The summed E-state index contributed by atoms with van der Waals surface area (Å²) in [4.78, 5) is 24.5. The van der Waals surface area contributed by atoms with Gasteiger partial charge in [-0.1, -0.05) is 18.2 Å². The summed E-state index contributed by atoms with van der Waals surface area (Å²) in [5.41, 5.74) is 0.926. The number of thiophene rings is 1. The average molecular weight is 300 g/mol.